The first kappa shape index (κ1) is 15.5. The molecule has 3 rings (SSSR count). The molecule has 3 N–H and O–H groups in total. The van der Waals surface area contributed by atoms with Crippen molar-refractivity contribution in [2.45, 2.75) is 0 Å². The Labute approximate surface area is 138 Å². The van der Waals surface area contributed by atoms with Crippen LogP contribution in [0.1, 0.15) is 16.1 Å². The molecule has 7 heteroatoms. The van der Waals surface area contributed by atoms with Crippen molar-refractivity contribution in [3.63, 3.8) is 0 Å². The van der Waals surface area contributed by atoms with Gasteiger partial charge in [-0.1, -0.05) is 12.1 Å². The SMILES string of the molecule is COC(=O)c1ccc(-c2ccc(C=C3C(=O)NC(N)=[N+]3C)o2)cc1. The van der Waals surface area contributed by atoms with Crippen molar-refractivity contribution in [2.75, 3.05) is 14.2 Å². The first-order valence-electron chi connectivity index (χ1n) is 7.17. The minimum absolute atomic E-state index is 0.274. The highest BCUT2D eigenvalue weighted by molar-refractivity contribution is 6.08. The number of esters is 1. The van der Waals surface area contributed by atoms with Gasteiger partial charge in [-0.2, -0.15) is 0 Å². The van der Waals surface area contributed by atoms with Crippen LogP contribution in [0.4, 0.5) is 0 Å². The molecule has 0 spiro atoms. The first-order valence-corrected chi connectivity index (χ1v) is 7.17. The first-order chi connectivity index (χ1) is 11.5. The van der Waals surface area contributed by atoms with Crippen LogP contribution in [0.3, 0.4) is 0 Å². The van der Waals surface area contributed by atoms with E-state index >= 15 is 0 Å². The highest BCUT2D eigenvalue weighted by atomic mass is 16.5. The molecule has 7 nitrogen and oxygen atoms in total. The van der Waals surface area contributed by atoms with Gasteiger partial charge >= 0.3 is 17.8 Å². The maximum absolute atomic E-state index is 11.8. The van der Waals surface area contributed by atoms with Crippen LogP contribution in [0, 0.1) is 0 Å². The lowest BCUT2D eigenvalue weighted by molar-refractivity contribution is -0.432. The fourth-order valence-corrected chi connectivity index (χ4v) is 2.32. The minimum Gasteiger partial charge on any atom is -0.465 e. The third kappa shape index (κ3) is 2.79. The lowest BCUT2D eigenvalue weighted by Crippen LogP contribution is -2.32. The Balaban J connectivity index is 1.86. The van der Waals surface area contributed by atoms with Crippen LogP contribution >= 0.6 is 0 Å². The molecule has 0 radical (unpaired) electrons. The molecular formula is C17H16N3O4+. The molecule has 0 saturated carbocycles. The van der Waals surface area contributed by atoms with E-state index < -0.39 is 5.97 Å². The fraction of sp³-hybridized carbons (Fsp3) is 0.118. The van der Waals surface area contributed by atoms with E-state index in [-0.39, 0.29) is 11.9 Å². The molecule has 2 heterocycles. The monoisotopic (exact) mass is 326 g/mol. The number of hydrogen-bond donors (Lipinski definition) is 2. The Morgan fingerprint density at radius 1 is 1.25 bits per heavy atom. The van der Waals surface area contributed by atoms with E-state index in [2.05, 4.69) is 10.1 Å². The zero-order chi connectivity index (χ0) is 17.3. The molecule has 1 aliphatic heterocycles. The molecule has 1 aromatic heterocycles. The molecule has 1 amide bonds. The molecule has 0 aliphatic carbocycles. The molecular weight excluding hydrogens is 310 g/mol. The standard InChI is InChI=1S/C17H15N3O4/c1-20-13(15(21)19-17(20)18)9-12-7-8-14(24-12)10-3-5-11(6-4-10)16(22)23-2/h3-9H,1-2H3,(H2,18,19,21)/p+1. The van der Waals surface area contributed by atoms with Gasteiger partial charge in [-0.05, 0) is 24.3 Å². The number of nitrogens with two attached hydrogens (primary N) is 1. The highest BCUT2D eigenvalue weighted by Gasteiger charge is 2.29. The van der Waals surface area contributed by atoms with E-state index in [1.165, 1.54) is 7.11 Å². The van der Waals surface area contributed by atoms with Crippen LogP contribution in [-0.4, -0.2) is 36.6 Å². The van der Waals surface area contributed by atoms with Crippen LogP contribution < -0.4 is 11.1 Å². The maximum atomic E-state index is 11.8. The summed E-state index contributed by atoms with van der Waals surface area (Å²) in [4.78, 5) is 23.2. The van der Waals surface area contributed by atoms with Gasteiger partial charge in [0.05, 0.1) is 19.7 Å². The predicted molar refractivity (Wildman–Crippen MR) is 87.0 cm³/mol. The van der Waals surface area contributed by atoms with Gasteiger partial charge in [-0.15, -0.1) is 0 Å². The third-order valence-electron chi connectivity index (χ3n) is 3.69. The number of hydrogen-bond acceptors (Lipinski definition) is 5. The molecule has 0 fully saturated rings. The van der Waals surface area contributed by atoms with Crippen LogP contribution in [0.2, 0.25) is 0 Å². The molecule has 24 heavy (non-hydrogen) atoms. The second kappa shape index (κ2) is 6.04. The second-order valence-electron chi connectivity index (χ2n) is 5.20. The summed E-state index contributed by atoms with van der Waals surface area (Å²) >= 11 is 0. The number of methoxy groups -OCH3 is 1. The molecule has 0 atom stereocenters. The quantitative estimate of drug-likeness (QED) is 0.501. The Bertz CT molecular complexity index is 875. The van der Waals surface area contributed by atoms with Gasteiger partial charge in [0.2, 0.25) is 0 Å². The van der Waals surface area contributed by atoms with Crippen LogP contribution in [0.15, 0.2) is 46.5 Å². The summed E-state index contributed by atoms with van der Waals surface area (Å²) < 4.78 is 12.0. The van der Waals surface area contributed by atoms with E-state index in [1.807, 2.05) is 0 Å². The molecule has 1 aromatic carbocycles. The Morgan fingerprint density at radius 2 is 1.96 bits per heavy atom. The summed E-state index contributed by atoms with van der Waals surface area (Å²) in [5.74, 6) is 0.743. The maximum Gasteiger partial charge on any atom is 0.356 e. The molecule has 0 saturated heterocycles. The number of rotatable bonds is 3. The second-order valence-corrected chi connectivity index (χ2v) is 5.20. The number of carbonyl (C=O) groups is 2. The average molecular weight is 326 g/mol. The van der Waals surface area contributed by atoms with Gasteiger partial charge in [-0.25, -0.2) is 19.5 Å². The molecule has 1 aliphatic rings. The summed E-state index contributed by atoms with van der Waals surface area (Å²) in [5, 5.41) is 2.53. The Morgan fingerprint density at radius 3 is 2.54 bits per heavy atom. The minimum atomic E-state index is -0.393. The number of carbonyl (C=O) groups excluding carboxylic acids is 2. The number of nitrogens with one attached hydrogen (secondary N) is 1. The van der Waals surface area contributed by atoms with E-state index in [0.717, 1.165) is 5.56 Å². The van der Waals surface area contributed by atoms with Crippen molar-refractivity contribution in [1.29, 1.82) is 0 Å². The van der Waals surface area contributed by atoms with Crippen molar-refractivity contribution in [3.05, 3.63) is 53.4 Å². The molecule has 0 bridgehead atoms. The lowest BCUT2D eigenvalue weighted by Gasteiger charge is -2.00. The Hall–Kier alpha value is -3.35. The summed E-state index contributed by atoms with van der Waals surface area (Å²) in [6.07, 6.45) is 1.61. The zero-order valence-electron chi connectivity index (χ0n) is 13.2. The smallest absolute Gasteiger partial charge is 0.356 e. The van der Waals surface area contributed by atoms with Gasteiger partial charge in [0.15, 0.2) is 5.70 Å². The molecule has 0 unspecified atom stereocenters. The Kier molecular flexibility index (Phi) is 3.91. The zero-order valence-corrected chi connectivity index (χ0v) is 13.2. The van der Waals surface area contributed by atoms with Crippen molar-refractivity contribution in [3.8, 4) is 11.3 Å². The lowest BCUT2D eigenvalue weighted by atomic mass is 10.1. The van der Waals surface area contributed by atoms with Crippen LogP contribution in [0.5, 0.6) is 0 Å². The number of amides is 1. The topological polar surface area (TPSA) is 97.6 Å². The fourth-order valence-electron chi connectivity index (χ4n) is 2.32. The summed E-state index contributed by atoms with van der Waals surface area (Å²) in [6, 6.07) is 10.4. The highest BCUT2D eigenvalue weighted by Crippen LogP contribution is 2.24. The number of nitrogens with zero attached hydrogens (tertiary/aromatic N) is 1. The number of ether oxygens (including phenoxy) is 1. The number of likely N-dealkylation sites (N-methyl/N-ethyl adjacent to an activating group) is 1. The summed E-state index contributed by atoms with van der Waals surface area (Å²) in [5.41, 5.74) is 7.33. The van der Waals surface area contributed by atoms with Gasteiger partial charge in [0.1, 0.15) is 11.5 Å². The average Bonchev–Trinajstić information content (AvgIpc) is 3.15. The van der Waals surface area contributed by atoms with Gasteiger partial charge in [0, 0.05) is 11.6 Å². The van der Waals surface area contributed by atoms with Gasteiger partial charge < -0.3 is 9.15 Å². The van der Waals surface area contributed by atoms with Crippen molar-refractivity contribution < 1.29 is 23.3 Å². The summed E-state index contributed by atoms with van der Waals surface area (Å²) in [7, 11) is 3.03. The van der Waals surface area contributed by atoms with Crippen molar-refractivity contribution in [2.24, 2.45) is 5.73 Å². The number of furan rings is 1. The number of guanidine groups is 1. The molecule has 2 aromatic rings. The third-order valence-corrected chi connectivity index (χ3v) is 3.69. The van der Waals surface area contributed by atoms with Gasteiger partial charge in [0.25, 0.3) is 0 Å². The summed E-state index contributed by atoms with van der Waals surface area (Å²) in [6.45, 7) is 0. The van der Waals surface area contributed by atoms with Crippen molar-refractivity contribution >= 4 is 23.9 Å². The van der Waals surface area contributed by atoms with Crippen LogP contribution in [-0.2, 0) is 9.53 Å². The van der Waals surface area contributed by atoms with Crippen molar-refractivity contribution in [1.82, 2.24) is 5.32 Å². The van der Waals surface area contributed by atoms with E-state index in [0.29, 0.717) is 22.8 Å². The van der Waals surface area contributed by atoms with E-state index in [1.54, 1.807) is 54.1 Å². The van der Waals surface area contributed by atoms with E-state index in [9.17, 15) is 9.59 Å². The van der Waals surface area contributed by atoms with Gasteiger partial charge in [-0.3, -0.25) is 5.73 Å². The normalized spacial score (nSPS) is 15.8. The predicted octanol–water partition coefficient (Wildman–Crippen LogP) is 1.16. The largest absolute Gasteiger partial charge is 0.465 e. The van der Waals surface area contributed by atoms with Crippen LogP contribution in [0.25, 0.3) is 17.4 Å². The molecule has 122 valence electrons. The van der Waals surface area contributed by atoms with E-state index in [4.69, 9.17) is 10.2 Å². The number of benzene rings is 1.